The van der Waals surface area contributed by atoms with Crippen molar-refractivity contribution >= 4 is 15.8 Å². The number of aromatic carboxylic acids is 1. The van der Waals surface area contributed by atoms with E-state index in [9.17, 15) is 17.6 Å². The topological polar surface area (TPSA) is 71.4 Å². The quantitative estimate of drug-likeness (QED) is 0.877. The standard InChI is InChI=1S/C11H13FO4S/c1-2-5-17(15,16)7-9-6-8(11(13)14)3-4-10(9)12/h3-4,6H,2,5,7H2,1H3,(H,13,14). The Morgan fingerprint density at radius 1 is 1.41 bits per heavy atom. The largest absolute Gasteiger partial charge is 0.478 e. The molecular weight excluding hydrogens is 247 g/mol. The van der Waals surface area contributed by atoms with Crippen LogP contribution in [0.1, 0.15) is 29.3 Å². The Morgan fingerprint density at radius 2 is 2.06 bits per heavy atom. The van der Waals surface area contributed by atoms with Crippen LogP contribution in [0.4, 0.5) is 4.39 Å². The van der Waals surface area contributed by atoms with Crippen LogP contribution in [0.15, 0.2) is 18.2 Å². The lowest BCUT2D eigenvalue weighted by Gasteiger charge is -2.05. The van der Waals surface area contributed by atoms with E-state index in [4.69, 9.17) is 5.11 Å². The summed E-state index contributed by atoms with van der Waals surface area (Å²) in [4.78, 5) is 10.7. The molecule has 0 radical (unpaired) electrons. The Kier molecular flexibility index (Phi) is 4.22. The normalized spacial score (nSPS) is 11.4. The van der Waals surface area contributed by atoms with Crippen molar-refractivity contribution < 1.29 is 22.7 Å². The molecule has 0 saturated carbocycles. The molecule has 0 heterocycles. The number of benzene rings is 1. The fourth-order valence-corrected chi connectivity index (χ4v) is 2.90. The summed E-state index contributed by atoms with van der Waals surface area (Å²) in [6.45, 7) is 1.71. The van der Waals surface area contributed by atoms with E-state index >= 15 is 0 Å². The Bertz CT molecular complexity index is 522. The van der Waals surface area contributed by atoms with Gasteiger partial charge >= 0.3 is 5.97 Å². The molecule has 0 aliphatic rings. The molecule has 1 rings (SSSR count). The highest BCUT2D eigenvalue weighted by Gasteiger charge is 2.15. The van der Waals surface area contributed by atoms with Crippen molar-refractivity contribution in [2.45, 2.75) is 19.1 Å². The summed E-state index contributed by atoms with van der Waals surface area (Å²) in [5.41, 5.74) is -0.216. The first-order valence-corrected chi connectivity index (χ1v) is 6.90. The van der Waals surface area contributed by atoms with Gasteiger partial charge in [-0.25, -0.2) is 17.6 Å². The lowest BCUT2D eigenvalue weighted by atomic mass is 10.1. The summed E-state index contributed by atoms with van der Waals surface area (Å²) in [5.74, 6) is -2.41. The molecular formula is C11H13FO4S. The predicted octanol–water partition coefficient (Wildman–Crippen LogP) is 1.85. The van der Waals surface area contributed by atoms with Crippen LogP contribution in [0.2, 0.25) is 0 Å². The highest BCUT2D eigenvalue weighted by atomic mass is 32.2. The molecule has 4 nitrogen and oxygen atoms in total. The van der Waals surface area contributed by atoms with E-state index < -0.39 is 27.4 Å². The van der Waals surface area contributed by atoms with Crippen molar-refractivity contribution in [1.82, 2.24) is 0 Å². The maximum absolute atomic E-state index is 13.3. The highest BCUT2D eigenvalue weighted by molar-refractivity contribution is 7.90. The van der Waals surface area contributed by atoms with Crippen molar-refractivity contribution in [1.29, 1.82) is 0 Å². The molecule has 0 aliphatic heterocycles. The zero-order chi connectivity index (χ0) is 13.1. The van der Waals surface area contributed by atoms with Crippen molar-refractivity contribution in [2.24, 2.45) is 0 Å². The predicted molar refractivity (Wildman–Crippen MR) is 61.1 cm³/mol. The van der Waals surface area contributed by atoms with Gasteiger partial charge in [-0.15, -0.1) is 0 Å². The smallest absolute Gasteiger partial charge is 0.335 e. The molecule has 0 saturated heterocycles. The van der Waals surface area contributed by atoms with Crippen LogP contribution in [0, 0.1) is 5.82 Å². The number of carboxylic acid groups (broad SMARTS) is 1. The summed E-state index contributed by atoms with van der Waals surface area (Å²) in [6.07, 6.45) is 0.447. The maximum Gasteiger partial charge on any atom is 0.335 e. The first-order valence-electron chi connectivity index (χ1n) is 5.08. The minimum Gasteiger partial charge on any atom is -0.478 e. The van der Waals surface area contributed by atoms with E-state index in [1.807, 2.05) is 0 Å². The third kappa shape index (κ3) is 3.81. The number of hydrogen-bond donors (Lipinski definition) is 1. The Morgan fingerprint density at radius 3 is 2.59 bits per heavy atom. The number of hydrogen-bond acceptors (Lipinski definition) is 3. The molecule has 6 heteroatoms. The molecule has 1 N–H and O–H groups in total. The highest BCUT2D eigenvalue weighted by Crippen LogP contribution is 2.15. The van der Waals surface area contributed by atoms with Crippen molar-refractivity contribution in [3.8, 4) is 0 Å². The van der Waals surface area contributed by atoms with Gasteiger partial charge in [0.15, 0.2) is 9.84 Å². The second-order valence-electron chi connectivity index (χ2n) is 3.70. The van der Waals surface area contributed by atoms with E-state index in [1.165, 1.54) is 0 Å². The van der Waals surface area contributed by atoms with Gasteiger partial charge in [-0.05, 0) is 24.6 Å². The Labute approximate surface area is 99.0 Å². The Hall–Kier alpha value is -1.43. The first-order chi connectivity index (χ1) is 7.85. The minimum absolute atomic E-state index is 0.0380. The van der Waals surface area contributed by atoms with Gasteiger partial charge in [0.25, 0.3) is 0 Å². The number of carboxylic acids is 1. The summed E-state index contributed by atoms with van der Waals surface area (Å²) in [7, 11) is -3.38. The van der Waals surface area contributed by atoms with E-state index in [-0.39, 0.29) is 16.9 Å². The third-order valence-corrected chi connectivity index (χ3v) is 3.96. The molecule has 0 spiro atoms. The zero-order valence-corrected chi connectivity index (χ0v) is 10.1. The van der Waals surface area contributed by atoms with Crippen LogP contribution < -0.4 is 0 Å². The van der Waals surface area contributed by atoms with Crippen LogP contribution in [0.3, 0.4) is 0 Å². The molecule has 94 valence electrons. The molecule has 17 heavy (non-hydrogen) atoms. The summed E-state index contributed by atoms with van der Waals surface area (Å²) >= 11 is 0. The number of carbonyl (C=O) groups is 1. The average Bonchev–Trinajstić information content (AvgIpc) is 2.20. The fraction of sp³-hybridized carbons (Fsp3) is 0.364. The number of halogens is 1. The average molecular weight is 260 g/mol. The molecule has 0 aromatic heterocycles. The van der Waals surface area contributed by atoms with Gasteiger partial charge < -0.3 is 5.11 Å². The van der Waals surface area contributed by atoms with Gasteiger partial charge in [0.05, 0.1) is 17.1 Å². The fourth-order valence-electron chi connectivity index (χ4n) is 1.44. The van der Waals surface area contributed by atoms with Gasteiger partial charge in [-0.2, -0.15) is 0 Å². The molecule has 0 fully saturated rings. The molecule has 0 unspecified atom stereocenters. The second-order valence-corrected chi connectivity index (χ2v) is 5.89. The molecule has 0 amide bonds. The summed E-state index contributed by atoms with van der Waals surface area (Å²) < 4.78 is 36.4. The van der Waals surface area contributed by atoms with Crippen LogP contribution in [-0.2, 0) is 15.6 Å². The van der Waals surface area contributed by atoms with Gasteiger partial charge in [-0.3, -0.25) is 0 Å². The molecule has 1 aromatic rings. The Balaban J connectivity index is 3.06. The van der Waals surface area contributed by atoms with Crippen molar-refractivity contribution in [2.75, 3.05) is 5.75 Å². The first kappa shape index (κ1) is 13.6. The van der Waals surface area contributed by atoms with Crippen LogP contribution in [0.5, 0.6) is 0 Å². The van der Waals surface area contributed by atoms with Crippen LogP contribution in [-0.4, -0.2) is 25.2 Å². The lowest BCUT2D eigenvalue weighted by molar-refractivity contribution is 0.0696. The zero-order valence-electron chi connectivity index (χ0n) is 9.31. The lowest BCUT2D eigenvalue weighted by Crippen LogP contribution is -2.10. The molecule has 0 bridgehead atoms. The maximum atomic E-state index is 13.3. The van der Waals surface area contributed by atoms with E-state index in [0.717, 1.165) is 18.2 Å². The SMILES string of the molecule is CCCS(=O)(=O)Cc1cc(C(=O)O)ccc1F. The van der Waals surface area contributed by atoms with Gasteiger partial charge in [0, 0.05) is 5.56 Å². The molecule has 0 atom stereocenters. The van der Waals surface area contributed by atoms with Crippen LogP contribution >= 0.6 is 0 Å². The number of rotatable bonds is 5. The van der Waals surface area contributed by atoms with E-state index in [2.05, 4.69) is 0 Å². The van der Waals surface area contributed by atoms with Gasteiger partial charge in [0.2, 0.25) is 0 Å². The summed E-state index contributed by atoms with van der Waals surface area (Å²) in [6, 6.07) is 3.14. The van der Waals surface area contributed by atoms with E-state index in [1.54, 1.807) is 6.92 Å². The van der Waals surface area contributed by atoms with Crippen LogP contribution in [0.25, 0.3) is 0 Å². The monoisotopic (exact) mass is 260 g/mol. The van der Waals surface area contributed by atoms with Crippen molar-refractivity contribution in [3.05, 3.63) is 35.1 Å². The van der Waals surface area contributed by atoms with Gasteiger partial charge in [-0.1, -0.05) is 6.92 Å². The summed E-state index contributed by atoms with van der Waals surface area (Å²) in [5, 5.41) is 8.73. The second kappa shape index (κ2) is 5.27. The number of sulfone groups is 1. The molecule has 0 aliphatic carbocycles. The molecule has 1 aromatic carbocycles. The third-order valence-electron chi connectivity index (χ3n) is 2.18. The van der Waals surface area contributed by atoms with E-state index in [0.29, 0.717) is 6.42 Å². The minimum atomic E-state index is -3.38. The van der Waals surface area contributed by atoms with Gasteiger partial charge in [0.1, 0.15) is 5.82 Å². The van der Waals surface area contributed by atoms with Crippen molar-refractivity contribution in [3.63, 3.8) is 0 Å².